The van der Waals surface area contributed by atoms with Crippen molar-refractivity contribution in [1.29, 1.82) is 0 Å². The van der Waals surface area contributed by atoms with Crippen LogP contribution in [0.1, 0.15) is 19.4 Å². The highest BCUT2D eigenvalue weighted by Gasteiger charge is 2.10. The van der Waals surface area contributed by atoms with Gasteiger partial charge in [-0.1, -0.05) is 12.1 Å². The van der Waals surface area contributed by atoms with E-state index in [0.29, 0.717) is 18.9 Å². The third-order valence-electron chi connectivity index (χ3n) is 3.04. The number of rotatable bonds is 8. The Kier molecular flexibility index (Phi) is 8.14. The molecule has 0 aromatic heterocycles. The van der Waals surface area contributed by atoms with Crippen LogP contribution in [-0.4, -0.2) is 46.5 Å². The second kappa shape index (κ2) is 9.89. The summed E-state index contributed by atoms with van der Waals surface area (Å²) in [4.78, 5) is 4.59. The van der Waals surface area contributed by atoms with Crippen LogP contribution in [-0.2, 0) is 11.3 Å². The molecule has 0 fully saturated rings. The van der Waals surface area contributed by atoms with Crippen LogP contribution >= 0.6 is 0 Å². The number of guanidine groups is 1. The Bertz CT molecular complexity index is 478. The molecule has 0 spiro atoms. The lowest BCUT2D eigenvalue weighted by atomic mass is 10.2. The van der Waals surface area contributed by atoms with E-state index in [1.807, 2.05) is 32.0 Å². The standard InChI is InChI=1S/C16H27N3O3/c1-6-17-16(19-12(2)11-20-3)18-10-13-8-7-9-14(21-4)15(13)22-5/h7-9,12H,6,10-11H2,1-5H3,(H2,17,18,19). The van der Waals surface area contributed by atoms with Crippen LogP contribution in [0.15, 0.2) is 23.2 Å². The molecule has 1 unspecified atom stereocenters. The zero-order valence-electron chi connectivity index (χ0n) is 14.1. The largest absolute Gasteiger partial charge is 0.493 e. The number of methoxy groups -OCH3 is 3. The summed E-state index contributed by atoms with van der Waals surface area (Å²) in [6, 6.07) is 5.96. The van der Waals surface area contributed by atoms with Crippen molar-refractivity contribution in [3.63, 3.8) is 0 Å². The van der Waals surface area contributed by atoms with E-state index in [9.17, 15) is 0 Å². The molecule has 0 aliphatic heterocycles. The van der Waals surface area contributed by atoms with Crippen molar-refractivity contribution < 1.29 is 14.2 Å². The molecule has 124 valence electrons. The second-order valence-corrected chi connectivity index (χ2v) is 4.85. The first-order valence-electron chi connectivity index (χ1n) is 7.39. The van der Waals surface area contributed by atoms with Gasteiger partial charge in [-0.25, -0.2) is 4.99 Å². The fourth-order valence-electron chi connectivity index (χ4n) is 2.09. The van der Waals surface area contributed by atoms with Gasteiger partial charge in [-0.15, -0.1) is 0 Å². The maximum absolute atomic E-state index is 5.42. The van der Waals surface area contributed by atoms with Crippen molar-refractivity contribution >= 4 is 5.96 Å². The Morgan fingerprint density at radius 1 is 1.23 bits per heavy atom. The molecule has 0 heterocycles. The molecule has 0 amide bonds. The maximum Gasteiger partial charge on any atom is 0.191 e. The molecule has 0 aliphatic rings. The molecular weight excluding hydrogens is 282 g/mol. The van der Waals surface area contributed by atoms with Gasteiger partial charge in [0.25, 0.3) is 0 Å². The van der Waals surface area contributed by atoms with Gasteiger partial charge < -0.3 is 24.8 Å². The number of hydrogen-bond donors (Lipinski definition) is 2. The molecular formula is C16H27N3O3. The minimum absolute atomic E-state index is 0.176. The number of ether oxygens (including phenoxy) is 3. The zero-order chi connectivity index (χ0) is 16.4. The monoisotopic (exact) mass is 309 g/mol. The van der Waals surface area contributed by atoms with Gasteiger partial charge in [0, 0.05) is 25.3 Å². The summed E-state index contributed by atoms with van der Waals surface area (Å²) in [6.45, 7) is 5.98. The Hall–Kier alpha value is -1.95. The van der Waals surface area contributed by atoms with Gasteiger partial charge in [0.05, 0.1) is 27.4 Å². The minimum atomic E-state index is 0.176. The highest BCUT2D eigenvalue weighted by Crippen LogP contribution is 2.30. The molecule has 6 nitrogen and oxygen atoms in total. The first-order chi connectivity index (χ1) is 10.7. The average molecular weight is 309 g/mol. The smallest absolute Gasteiger partial charge is 0.191 e. The van der Waals surface area contributed by atoms with Crippen LogP contribution in [0.3, 0.4) is 0 Å². The van der Waals surface area contributed by atoms with Gasteiger partial charge in [-0.05, 0) is 19.9 Å². The van der Waals surface area contributed by atoms with Crippen molar-refractivity contribution in [2.75, 3.05) is 34.5 Å². The first-order valence-corrected chi connectivity index (χ1v) is 7.39. The van der Waals surface area contributed by atoms with Crippen LogP contribution < -0.4 is 20.1 Å². The van der Waals surface area contributed by atoms with E-state index in [-0.39, 0.29) is 6.04 Å². The Morgan fingerprint density at radius 3 is 2.59 bits per heavy atom. The number of benzene rings is 1. The molecule has 0 saturated carbocycles. The van der Waals surface area contributed by atoms with E-state index in [1.165, 1.54) is 0 Å². The van der Waals surface area contributed by atoms with Crippen LogP contribution in [0, 0.1) is 0 Å². The fraction of sp³-hybridized carbons (Fsp3) is 0.562. The van der Waals surface area contributed by atoms with E-state index in [1.54, 1.807) is 21.3 Å². The predicted molar refractivity (Wildman–Crippen MR) is 88.8 cm³/mol. The Morgan fingerprint density at radius 2 is 2.00 bits per heavy atom. The fourth-order valence-corrected chi connectivity index (χ4v) is 2.09. The summed E-state index contributed by atoms with van der Waals surface area (Å²) < 4.78 is 15.9. The molecule has 1 rings (SSSR count). The normalized spacial score (nSPS) is 12.7. The van der Waals surface area contributed by atoms with Gasteiger partial charge in [-0.3, -0.25) is 0 Å². The highest BCUT2D eigenvalue weighted by molar-refractivity contribution is 5.80. The molecule has 1 atom stereocenters. The molecule has 1 aromatic rings. The SMILES string of the molecule is CCNC(=NCc1cccc(OC)c1OC)NC(C)COC. The summed E-state index contributed by atoms with van der Waals surface area (Å²) in [6.07, 6.45) is 0. The zero-order valence-corrected chi connectivity index (χ0v) is 14.1. The lowest BCUT2D eigenvalue weighted by molar-refractivity contribution is 0.179. The Balaban J connectivity index is 2.85. The van der Waals surface area contributed by atoms with E-state index in [0.717, 1.165) is 23.8 Å². The lowest BCUT2D eigenvalue weighted by Crippen LogP contribution is -2.43. The van der Waals surface area contributed by atoms with Gasteiger partial charge >= 0.3 is 0 Å². The number of hydrogen-bond acceptors (Lipinski definition) is 4. The number of para-hydroxylation sites is 1. The molecule has 0 aliphatic carbocycles. The quantitative estimate of drug-likeness (QED) is 0.566. The van der Waals surface area contributed by atoms with E-state index in [4.69, 9.17) is 14.2 Å². The summed E-state index contributed by atoms with van der Waals surface area (Å²) in [5.41, 5.74) is 0.971. The van der Waals surface area contributed by atoms with Gasteiger partial charge in [-0.2, -0.15) is 0 Å². The Labute approximate surface area is 132 Å². The molecule has 6 heteroatoms. The minimum Gasteiger partial charge on any atom is -0.493 e. The predicted octanol–water partition coefficient (Wildman–Crippen LogP) is 1.79. The molecule has 0 saturated heterocycles. The van der Waals surface area contributed by atoms with Crippen LogP contribution in [0.4, 0.5) is 0 Å². The van der Waals surface area contributed by atoms with E-state index >= 15 is 0 Å². The van der Waals surface area contributed by atoms with Crippen molar-refractivity contribution in [3.05, 3.63) is 23.8 Å². The average Bonchev–Trinajstić information content (AvgIpc) is 2.52. The van der Waals surface area contributed by atoms with Crippen LogP contribution in [0.2, 0.25) is 0 Å². The molecule has 1 aromatic carbocycles. The third kappa shape index (κ3) is 5.44. The maximum atomic E-state index is 5.42. The van der Waals surface area contributed by atoms with Crippen molar-refractivity contribution in [2.45, 2.75) is 26.4 Å². The van der Waals surface area contributed by atoms with Crippen LogP contribution in [0.5, 0.6) is 11.5 Å². The summed E-state index contributed by atoms with van der Waals surface area (Å²) in [5.74, 6) is 2.17. The molecule has 2 N–H and O–H groups in total. The number of aliphatic imine (C=N–C) groups is 1. The third-order valence-corrected chi connectivity index (χ3v) is 3.04. The number of nitrogens with one attached hydrogen (secondary N) is 2. The first kappa shape index (κ1) is 18.1. The van der Waals surface area contributed by atoms with Crippen molar-refractivity contribution in [3.8, 4) is 11.5 Å². The van der Waals surface area contributed by atoms with E-state index in [2.05, 4.69) is 15.6 Å². The van der Waals surface area contributed by atoms with E-state index < -0.39 is 0 Å². The van der Waals surface area contributed by atoms with Gasteiger partial charge in [0.1, 0.15) is 0 Å². The topological polar surface area (TPSA) is 64.1 Å². The molecule has 0 bridgehead atoms. The molecule has 0 radical (unpaired) electrons. The summed E-state index contributed by atoms with van der Waals surface area (Å²) in [5, 5.41) is 6.52. The van der Waals surface area contributed by atoms with Gasteiger partial charge in [0.15, 0.2) is 17.5 Å². The van der Waals surface area contributed by atoms with Crippen molar-refractivity contribution in [1.82, 2.24) is 10.6 Å². The van der Waals surface area contributed by atoms with Gasteiger partial charge in [0.2, 0.25) is 0 Å². The number of nitrogens with zero attached hydrogens (tertiary/aromatic N) is 1. The summed E-state index contributed by atoms with van der Waals surface area (Å²) in [7, 11) is 4.95. The van der Waals surface area contributed by atoms with Crippen LogP contribution in [0.25, 0.3) is 0 Å². The lowest BCUT2D eigenvalue weighted by Gasteiger charge is -2.17. The highest BCUT2D eigenvalue weighted by atomic mass is 16.5. The second-order valence-electron chi connectivity index (χ2n) is 4.85. The summed E-state index contributed by atoms with van der Waals surface area (Å²) >= 11 is 0. The van der Waals surface area contributed by atoms with Crippen molar-refractivity contribution in [2.24, 2.45) is 4.99 Å². The molecule has 22 heavy (non-hydrogen) atoms.